The number of nitrogens with zero attached hydrogens (tertiary/aromatic N) is 1. The first-order valence-corrected chi connectivity index (χ1v) is 4.03. The van der Waals surface area contributed by atoms with Gasteiger partial charge in [-0.1, -0.05) is 12.1 Å². The van der Waals surface area contributed by atoms with Crippen molar-refractivity contribution in [1.29, 1.82) is 0 Å². The maximum absolute atomic E-state index is 10.1. The number of hydrogen-bond donors (Lipinski definition) is 3. The molecule has 1 aromatic rings. The smallest absolute Gasteiger partial charge is 0.409 e. The number of carboxylic acid groups (broad SMARTS) is 1. The van der Waals surface area contributed by atoms with Crippen LogP contribution in [-0.2, 0) is 6.54 Å². The second-order valence-electron chi connectivity index (χ2n) is 2.58. The monoisotopic (exact) mass is 193 g/mol. The topological polar surface area (TPSA) is 87.7 Å². The van der Waals surface area contributed by atoms with Crippen LogP contribution >= 0.6 is 0 Å². The Bertz CT molecular complexity index is 332. The summed E-state index contributed by atoms with van der Waals surface area (Å²) in [5, 5.41) is 10.3. The highest BCUT2D eigenvalue weighted by Crippen LogP contribution is 2.11. The van der Waals surface area contributed by atoms with Crippen LogP contribution in [0.3, 0.4) is 0 Å². The summed E-state index contributed by atoms with van der Waals surface area (Å²) in [5.74, 6) is 0. The van der Waals surface area contributed by atoms with Crippen molar-refractivity contribution >= 4 is 18.1 Å². The lowest BCUT2D eigenvalue weighted by Crippen LogP contribution is -2.17. The van der Waals surface area contributed by atoms with Crippen molar-refractivity contribution in [3.8, 4) is 0 Å². The van der Waals surface area contributed by atoms with Gasteiger partial charge in [0.1, 0.15) is 0 Å². The number of amides is 1. The van der Waals surface area contributed by atoms with E-state index < -0.39 is 6.09 Å². The molecule has 5 heteroatoms. The highest BCUT2D eigenvalue weighted by molar-refractivity contribution is 5.81. The van der Waals surface area contributed by atoms with Crippen LogP contribution in [0.2, 0.25) is 0 Å². The van der Waals surface area contributed by atoms with Crippen LogP contribution in [0, 0.1) is 0 Å². The van der Waals surface area contributed by atoms with Gasteiger partial charge in [-0.15, -0.1) is 0 Å². The Morgan fingerprint density at radius 1 is 1.50 bits per heavy atom. The number of benzene rings is 1. The molecule has 0 spiro atoms. The third-order valence-corrected chi connectivity index (χ3v) is 1.57. The summed E-state index contributed by atoms with van der Waals surface area (Å²) in [7, 11) is 0. The van der Waals surface area contributed by atoms with Crippen LogP contribution in [0.25, 0.3) is 0 Å². The fourth-order valence-electron chi connectivity index (χ4n) is 0.880. The lowest BCUT2D eigenvalue weighted by molar-refractivity contribution is 0.200. The summed E-state index contributed by atoms with van der Waals surface area (Å²) in [4.78, 5) is 13.9. The lowest BCUT2D eigenvalue weighted by Gasteiger charge is -1.96. The Labute approximate surface area is 81.3 Å². The molecule has 5 nitrogen and oxygen atoms in total. The maximum atomic E-state index is 10.1. The van der Waals surface area contributed by atoms with E-state index in [2.05, 4.69) is 4.99 Å². The molecule has 0 radical (unpaired) electrons. The molecule has 0 fully saturated rings. The quantitative estimate of drug-likeness (QED) is 0.495. The third-order valence-electron chi connectivity index (χ3n) is 1.57. The molecule has 0 aromatic heterocycles. The van der Waals surface area contributed by atoms with Crippen molar-refractivity contribution in [3.05, 3.63) is 29.8 Å². The molecule has 0 saturated carbocycles. The Morgan fingerprint density at radius 3 is 2.64 bits per heavy atom. The molecular weight excluding hydrogens is 182 g/mol. The minimum absolute atomic E-state index is 0.484. The predicted octanol–water partition coefficient (Wildman–Crippen LogP) is 1.07. The summed E-state index contributed by atoms with van der Waals surface area (Å²) in [5.41, 5.74) is 7.10. The van der Waals surface area contributed by atoms with Gasteiger partial charge in [0, 0.05) is 6.54 Å². The number of hydrogen-bond acceptors (Lipinski definition) is 3. The minimum Gasteiger partial charge on any atom is -0.465 e. The number of carbonyl (C=O) groups is 1. The van der Waals surface area contributed by atoms with Crippen molar-refractivity contribution in [2.45, 2.75) is 6.54 Å². The summed E-state index contributed by atoms with van der Waals surface area (Å²) in [6, 6.07) is 7.21. The van der Waals surface area contributed by atoms with Gasteiger partial charge in [0.2, 0.25) is 0 Å². The van der Waals surface area contributed by atoms with Gasteiger partial charge in [-0.05, 0) is 17.7 Å². The van der Waals surface area contributed by atoms with Crippen LogP contribution in [0.1, 0.15) is 5.56 Å². The van der Waals surface area contributed by atoms with Crippen molar-refractivity contribution in [1.82, 2.24) is 5.32 Å². The number of nitrogens with two attached hydrogens (primary N) is 1. The number of nitrogens with one attached hydrogen (secondary N) is 1. The van der Waals surface area contributed by atoms with E-state index in [1.54, 1.807) is 12.1 Å². The van der Waals surface area contributed by atoms with Crippen LogP contribution in [0.5, 0.6) is 0 Å². The first-order chi connectivity index (χ1) is 6.72. The Morgan fingerprint density at radius 2 is 2.14 bits per heavy atom. The lowest BCUT2D eigenvalue weighted by atomic mass is 10.2. The van der Waals surface area contributed by atoms with E-state index in [9.17, 15) is 4.79 Å². The molecule has 1 aromatic carbocycles. The van der Waals surface area contributed by atoms with E-state index >= 15 is 0 Å². The van der Waals surface area contributed by atoms with E-state index in [1.807, 2.05) is 17.4 Å². The van der Waals surface area contributed by atoms with Crippen LogP contribution in [0.4, 0.5) is 10.5 Å². The summed E-state index contributed by atoms with van der Waals surface area (Å²) >= 11 is 0. The van der Waals surface area contributed by atoms with E-state index in [1.165, 1.54) is 0 Å². The molecule has 14 heavy (non-hydrogen) atoms. The molecule has 0 unspecified atom stereocenters. The summed E-state index contributed by atoms with van der Waals surface area (Å²) in [6.45, 7) is 0.484. The predicted molar refractivity (Wildman–Crippen MR) is 53.6 cm³/mol. The molecule has 0 aliphatic carbocycles. The molecule has 0 heterocycles. The third kappa shape index (κ3) is 3.24. The van der Waals surface area contributed by atoms with Gasteiger partial charge in [0.05, 0.1) is 12.0 Å². The highest BCUT2D eigenvalue weighted by Gasteiger charge is 1.90. The zero-order chi connectivity index (χ0) is 10.4. The van der Waals surface area contributed by atoms with Gasteiger partial charge in [-0.25, -0.2) is 9.79 Å². The first kappa shape index (κ1) is 10.2. The average molecular weight is 193 g/mol. The van der Waals surface area contributed by atoms with Gasteiger partial charge in [-0.3, -0.25) is 5.32 Å². The average Bonchev–Trinajstić information content (AvgIpc) is 2.18. The Kier molecular flexibility index (Phi) is 3.63. The van der Waals surface area contributed by atoms with E-state index in [4.69, 9.17) is 10.8 Å². The van der Waals surface area contributed by atoms with E-state index in [-0.39, 0.29) is 0 Å². The second-order valence-corrected chi connectivity index (χ2v) is 2.58. The second kappa shape index (κ2) is 4.98. The normalized spacial score (nSPS) is 10.4. The Balaban J connectivity index is 2.59. The van der Waals surface area contributed by atoms with Crippen molar-refractivity contribution < 1.29 is 9.90 Å². The fourth-order valence-corrected chi connectivity index (χ4v) is 0.880. The van der Waals surface area contributed by atoms with E-state index in [0.29, 0.717) is 12.2 Å². The molecule has 0 saturated heterocycles. The van der Waals surface area contributed by atoms with Gasteiger partial charge in [-0.2, -0.15) is 0 Å². The highest BCUT2D eigenvalue weighted by atomic mass is 16.4. The maximum Gasteiger partial charge on any atom is 0.409 e. The largest absolute Gasteiger partial charge is 0.465 e. The fraction of sp³-hybridized carbons (Fsp3) is 0.111. The van der Waals surface area contributed by atoms with Crippen LogP contribution in [-0.4, -0.2) is 17.5 Å². The zero-order valence-corrected chi connectivity index (χ0v) is 7.47. The molecular formula is C9H11N3O2. The molecule has 4 N–H and O–H groups in total. The standard InChI is InChI=1S/C9H11N3O2/c10-5-7-1-3-8(4-2-7)11-6-12-9(13)14/h1-4,6H,5,10H2,(H,11,12)(H,13,14). The van der Waals surface area contributed by atoms with Gasteiger partial charge < -0.3 is 10.8 Å². The molecule has 74 valence electrons. The number of rotatable bonds is 3. The van der Waals surface area contributed by atoms with Crippen LogP contribution < -0.4 is 11.1 Å². The van der Waals surface area contributed by atoms with Crippen molar-refractivity contribution in [2.24, 2.45) is 10.7 Å². The van der Waals surface area contributed by atoms with Crippen molar-refractivity contribution in [3.63, 3.8) is 0 Å². The molecule has 0 aliphatic heterocycles. The molecule has 1 amide bonds. The van der Waals surface area contributed by atoms with Crippen LogP contribution in [0.15, 0.2) is 29.3 Å². The minimum atomic E-state index is -1.13. The Hall–Kier alpha value is -1.88. The van der Waals surface area contributed by atoms with Gasteiger partial charge >= 0.3 is 6.09 Å². The van der Waals surface area contributed by atoms with Gasteiger partial charge in [0.15, 0.2) is 0 Å². The molecule has 0 atom stereocenters. The molecule has 1 rings (SSSR count). The summed E-state index contributed by atoms with van der Waals surface area (Å²) in [6.07, 6.45) is -0.00732. The van der Waals surface area contributed by atoms with Gasteiger partial charge in [0.25, 0.3) is 0 Å². The summed E-state index contributed by atoms with van der Waals surface area (Å²) < 4.78 is 0. The molecule has 0 aliphatic rings. The molecule has 0 bridgehead atoms. The SMILES string of the molecule is NCc1ccc(N=CNC(=O)O)cc1. The van der Waals surface area contributed by atoms with E-state index in [0.717, 1.165) is 11.9 Å². The number of aliphatic imine (C=N–C) groups is 1. The first-order valence-electron chi connectivity index (χ1n) is 4.03. The van der Waals surface area contributed by atoms with Crippen molar-refractivity contribution in [2.75, 3.05) is 0 Å². The zero-order valence-electron chi connectivity index (χ0n) is 7.47.